The molecular weight excluding hydrogens is 432 g/mol. The first-order chi connectivity index (χ1) is 15.2. The summed E-state index contributed by atoms with van der Waals surface area (Å²) in [5, 5.41) is 14.6. The van der Waals surface area contributed by atoms with E-state index in [1.807, 2.05) is 18.2 Å². The molecule has 1 atom stereocenters. The normalized spacial score (nSPS) is 15.9. The Kier molecular flexibility index (Phi) is 7.26. The van der Waals surface area contributed by atoms with E-state index in [-0.39, 0.29) is 17.8 Å². The maximum atomic E-state index is 12.5. The summed E-state index contributed by atoms with van der Waals surface area (Å²) in [4.78, 5) is 13.8. The molecule has 0 aliphatic carbocycles. The number of rotatable bonds is 9. The van der Waals surface area contributed by atoms with Gasteiger partial charge in [-0.25, -0.2) is 0 Å². The van der Waals surface area contributed by atoms with E-state index in [2.05, 4.69) is 38.5 Å². The molecule has 0 saturated carbocycles. The molecule has 1 amide bonds. The van der Waals surface area contributed by atoms with E-state index in [4.69, 9.17) is 9.47 Å². The largest absolute Gasteiger partial charge is 0.497 e. The standard InChI is InChI=1S/C22H26N4O3S2/c1-3-19-10-15(13-30-19)21-24-25-22(26(21)12-18-8-5-9-29-18)31-14-20(27)23-16-6-4-7-17(11-16)28-2/h4,6-7,10-11,13,18H,3,5,8-9,12,14H2,1-2H3,(H,23,27). The molecule has 1 aromatic carbocycles. The molecule has 164 valence electrons. The SMILES string of the molecule is CCc1cc(-c2nnc(SCC(=O)Nc3cccc(OC)c3)n2CC2CCCO2)cs1. The molecule has 2 aromatic heterocycles. The van der Waals surface area contributed by atoms with Crippen molar-refractivity contribution in [1.29, 1.82) is 0 Å². The average Bonchev–Trinajstić information content (AvgIpc) is 3.54. The molecule has 7 nitrogen and oxygen atoms in total. The van der Waals surface area contributed by atoms with Crippen molar-refractivity contribution in [2.75, 3.05) is 24.8 Å². The van der Waals surface area contributed by atoms with Crippen molar-refractivity contribution in [2.24, 2.45) is 0 Å². The van der Waals surface area contributed by atoms with Crippen molar-refractivity contribution in [2.45, 2.75) is 44.0 Å². The van der Waals surface area contributed by atoms with Gasteiger partial charge in [-0.1, -0.05) is 24.8 Å². The molecule has 1 unspecified atom stereocenters. The Labute approximate surface area is 190 Å². The fraction of sp³-hybridized carbons (Fsp3) is 0.409. The van der Waals surface area contributed by atoms with Crippen LogP contribution in [-0.4, -0.2) is 46.2 Å². The third-order valence-corrected chi connectivity index (χ3v) is 7.12. The first-order valence-corrected chi connectivity index (χ1v) is 12.2. The van der Waals surface area contributed by atoms with Crippen LogP contribution in [-0.2, 0) is 22.5 Å². The molecule has 9 heteroatoms. The van der Waals surface area contributed by atoms with E-state index >= 15 is 0 Å². The van der Waals surface area contributed by atoms with E-state index in [9.17, 15) is 4.79 Å². The first-order valence-electron chi connectivity index (χ1n) is 10.4. The van der Waals surface area contributed by atoms with Crippen LogP contribution in [0.15, 0.2) is 40.9 Å². The summed E-state index contributed by atoms with van der Waals surface area (Å²) >= 11 is 3.12. The number of nitrogens with zero attached hydrogens (tertiary/aromatic N) is 3. The average molecular weight is 459 g/mol. The van der Waals surface area contributed by atoms with Crippen LogP contribution in [0.2, 0.25) is 0 Å². The molecule has 1 N–H and O–H groups in total. The molecule has 1 saturated heterocycles. The number of carbonyl (C=O) groups excluding carboxylic acids is 1. The number of benzene rings is 1. The zero-order valence-corrected chi connectivity index (χ0v) is 19.3. The number of amides is 1. The van der Waals surface area contributed by atoms with Crippen LogP contribution >= 0.6 is 23.1 Å². The van der Waals surface area contributed by atoms with Crippen molar-refractivity contribution in [3.63, 3.8) is 0 Å². The van der Waals surface area contributed by atoms with Crippen LogP contribution in [0.1, 0.15) is 24.6 Å². The summed E-state index contributed by atoms with van der Waals surface area (Å²) in [5.74, 6) is 1.68. The monoisotopic (exact) mass is 458 g/mol. The minimum absolute atomic E-state index is 0.102. The van der Waals surface area contributed by atoms with Gasteiger partial charge in [0.25, 0.3) is 0 Å². The van der Waals surface area contributed by atoms with Crippen molar-refractivity contribution >= 4 is 34.7 Å². The summed E-state index contributed by atoms with van der Waals surface area (Å²) in [6, 6.07) is 9.49. The highest BCUT2D eigenvalue weighted by Crippen LogP contribution is 2.30. The Morgan fingerprint density at radius 1 is 1.39 bits per heavy atom. The number of thioether (sulfide) groups is 1. The summed E-state index contributed by atoms with van der Waals surface area (Å²) in [6.07, 6.45) is 3.26. The zero-order valence-electron chi connectivity index (χ0n) is 17.7. The summed E-state index contributed by atoms with van der Waals surface area (Å²) in [5.41, 5.74) is 1.77. The van der Waals surface area contributed by atoms with Gasteiger partial charge in [0, 0.05) is 34.2 Å². The molecule has 3 heterocycles. The quantitative estimate of drug-likeness (QED) is 0.476. The molecule has 4 rings (SSSR count). The molecule has 3 aromatic rings. The van der Waals surface area contributed by atoms with Crippen LogP contribution in [0, 0.1) is 0 Å². The van der Waals surface area contributed by atoms with Crippen molar-refractivity contribution in [3.05, 3.63) is 40.6 Å². The van der Waals surface area contributed by atoms with Gasteiger partial charge in [0.15, 0.2) is 11.0 Å². The van der Waals surface area contributed by atoms with Gasteiger partial charge in [0.05, 0.1) is 25.5 Å². The van der Waals surface area contributed by atoms with Crippen LogP contribution in [0.25, 0.3) is 11.4 Å². The third kappa shape index (κ3) is 5.47. The molecule has 0 radical (unpaired) electrons. The highest BCUT2D eigenvalue weighted by atomic mass is 32.2. The predicted molar refractivity (Wildman–Crippen MR) is 124 cm³/mol. The van der Waals surface area contributed by atoms with E-state index in [0.717, 1.165) is 42.4 Å². The Morgan fingerprint density at radius 2 is 2.29 bits per heavy atom. The van der Waals surface area contributed by atoms with E-state index < -0.39 is 0 Å². The highest BCUT2D eigenvalue weighted by Gasteiger charge is 2.22. The Hall–Kier alpha value is -2.36. The van der Waals surface area contributed by atoms with Gasteiger partial charge in [0.2, 0.25) is 5.91 Å². The fourth-order valence-corrected chi connectivity index (χ4v) is 5.04. The Bertz CT molecular complexity index is 1030. The second kappa shape index (κ2) is 10.3. The number of aromatic nitrogens is 3. The Morgan fingerprint density at radius 3 is 3.03 bits per heavy atom. The number of anilines is 1. The second-order valence-corrected chi connectivity index (χ2v) is 9.21. The van der Waals surface area contributed by atoms with Crippen molar-refractivity contribution in [3.8, 4) is 17.1 Å². The van der Waals surface area contributed by atoms with Crippen LogP contribution < -0.4 is 10.1 Å². The first kappa shape index (κ1) is 21.9. The summed E-state index contributed by atoms with van der Waals surface area (Å²) < 4.78 is 13.2. The minimum Gasteiger partial charge on any atom is -0.497 e. The number of methoxy groups -OCH3 is 1. The molecule has 31 heavy (non-hydrogen) atoms. The van der Waals surface area contributed by atoms with Crippen molar-refractivity contribution in [1.82, 2.24) is 14.8 Å². The van der Waals surface area contributed by atoms with Gasteiger partial charge in [-0.2, -0.15) is 0 Å². The number of hydrogen-bond acceptors (Lipinski definition) is 7. The lowest BCUT2D eigenvalue weighted by Gasteiger charge is -2.14. The lowest BCUT2D eigenvalue weighted by molar-refractivity contribution is -0.113. The van der Waals surface area contributed by atoms with Crippen LogP contribution in [0.4, 0.5) is 5.69 Å². The number of aryl methyl sites for hydroxylation is 1. The van der Waals surface area contributed by atoms with Crippen LogP contribution in [0.3, 0.4) is 0 Å². The van der Waals surface area contributed by atoms with Gasteiger partial charge in [-0.05, 0) is 37.5 Å². The number of hydrogen-bond donors (Lipinski definition) is 1. The maximum Gasteiger partial charge on any atom is 0.234 e. The number of ether oxygens (including phenoxy) is 2. The molecular formula is C22H26N4O3S2. The minimum atomic E-state index is -0.102. The topological polar surface area (TPSA) is 78.3 Å². The van der Waals surface area contributed by atoms with Gasteiger partial charge >= 0.3 is 0 Å². The maximum absolute atomic E-state index is 12.5. The summed E-state index contributed by atoms with van der Waals surface area (Å²) in [7, 11) is 1.60. The number of thiophene rings is 1. The predicted octanol–water partition coefficient (Wildman–Crippen LogP) is 4.49. The van der Waals surface area contributed by atoms with Gasteiger partial charge in [-0.15, -0.1) is 21.5 Å². The fourth-order valence-electron chi connectivity index (χ4n) is 3.48. The highest BCUT2D eigenvalue weighted by molar-refractivity contribution is 7.99. The molecule has 0 bridgehead atoms. The molecule has 1 aliphatic heterocycles. The second-order valence-electron chi connectivity index (χ2n) is 7.28. The lowest BCUT2D eigenvalue weighted by Crippen LogP contribution is -2.18. The summed E-state index contributed by atoms with van der Waals surface area (Å²) in [6.45, 7) is 3.64. The molecule has 1 fully saturated rings. The van der Waals surface area contributed by atoms with Gasteiger partial charge < -0.3 is 14.8 Å². The number of carbonyl (C=O) groups is 1. The Balaban J connectivity index is 1.48. The zero-order chi connectivity index (χ0) is 21.6. The number of nitrogens with one attached hydrogen (secondary N) is 1. The van der Waals surface area contributed by atoms with Crippen LogP contribution in [0.5, 0.6) is 5.75 Å². The molecule has 1 aliphatic rings. The smallest absolute Gasteiger partial charge is 0.234 e. The van der Waals surface area contributed by atoms with Gasteiger partial charge in [-0.3, -0.25) is 9.36 Å². The van der Waals surface area contributed by atoms with Gasteiger partial charge in [0.1, 0.15) is 5.75 Å². The third-order valence-electron chi connectivity index (χ3n) is 5.07. The van der Waals surface area contributed by atoms with E-state index in [1.165, 1.54) is 16.6 Å². The molecule has 0 spiro atoms. The lowest BCUT2D eigenvalue weighted by atomic mass is 10.2. The van der Waals surface area contributed by atoms with E-state index in [1.54, 1.807) is 24.5 Å². The van der Waals surface area contributed by atoms with Crippen molar-refractivity contribution < 1.29 is 14.3 Å². The van der Waals surface area contributed by atoms with E-state index in [0.29, 0.717) is 18.0 Å².